The Labute approximate surface area is 333 Å². The third kappa shape index (κ3) is 11.2. The number of guanidine groups is 2. The van der Waals surface area contributed by atoms with Crippen molar-refractivity contribution in [1.29, 1.82) is 0 Å². The van der Waals surface area contributed by atoms with Crippen molar-refractivity contribution in [1.82, 2.24) is 10.9 Å². The van der Waals surface area contributed by atoms with Crippen LogP contribution in [0.1, 0.15) is 109 Å². The largest absolute Gasteiger partial charge is 0.384 e. The molecule has 0 atom stereocenters. The second-order valence-electron chi connectivity index (χ2n) is 14.4. The fourth-order valence-electron chi connectivity index (χ4n) is 7.01. The molecule has 0 heterocycles. The summed E-state index contributed by atoms with van der Waals surface area (Å²) < 4.78 is 0. The number of hydrogen-bond donors (Lipinski definition) is 10. The Balaban J connectivity index is 1.60. The molecule has 0 radical (unpaired) electrons. The molecule has 0 saturated heterocycles. The lowest BCUT2D eigenvalue weighted by atomic mass is 9.45. The molecule has 0 unspecified atom stereocenters. The lowest BCUT2D eigenvalue weighted by Gasteiger charge is -2.58. The van der Waals surface area contributed by atoms with E-state index in [0.717, 1.165) is 12.8 Å². The minimum absolute atomic E-state index is 0.165. The molecular formula is C39H56N16O2. The molecule has 18 heteroatoms. The normalized spacial score (nSPS) is 20.2. The molecule has 3 aliphatic carbocycles. The summed E-state index contributed by atoms with van der Waals surface area (Å²) in [5.41, 5.74) is 44.3. The Hall–Kier alpha value is -6.72. The molecule has 3 saturated carbocycles. The number of benzene rings is 2. The number of anilines is 2. The van der Waals surface area contributed by atoms with Gasteiger partial charge in [0, 0.05) is 33.6 Å². The van der Waals surface area contributed by atoms with Crippen LogP contribution in [0.2, 0.25) is 0 Å². The maximum atomic E-state index is 14.1. The zero-order chi connectivity index (χ0) is 41.9. The lowest BCUT2D eigenvalue weighted by Crippen LogP contribution is -2.60. The van der Waals surface area contributed by atoms with Crippen molar-refractivity contribution < 1.29 is 9.59 Å². The number of carbonyl (C=O) groups excluding carboxylic acids is 2. The zero-order valence-corrected chi connectivity index (χ0v) is 33.5. The molecule has 16 N–H and O–H groups in total. The number of amides is 2. The van der Waals surface area contributed by atoms with E-state index in [0.29, 0.717) is 100 Å². The van der Waals surface area contributed by atoms with Crippen LogP contribution in [-0.2, 0) is 9.59 Å². The van der Waals surface area contributed by atoms with E-state index in [2.05, 4.69) is 52.1 Å². The van der Waals surface area contributed by atoms with E-state index in [1.807, 2.05) is 64.1 Å². The van der Waals surface area contributed by atoms with E-state index < -0.39 is 10.8 Å². The average molecular weight is 781 g/mol. The Morgan fingerprint density at radius 3 is 1.26 bits per heavy atom. The van der Waals surface area contributed by atoms with Crippen LogP contribution in [0.3, 0.4) is 0 Å². The van der Waals surface area contributed by atoms with Crippen LogP contribution in [0.25, 0.3) is 0 Å². The highest BCUT2D eigenvalue weighted by Gasteiger charge is 2.64. The molecule has 0 aliphatic heterocycles. The monoisotopic (exact) mass is 780 g/mol. The SMILES string of the molecule is CC/C=C(/N)N/N=C(/C)c1cc(NC(=O)C23CCCC(C(=O)Nc4cc(/C(C)=N\N=C(N)N)cc(/C(C)=N/N/C(N)=C/CC)c4)(C2)C3)cc(/C(C)=N\N=C(N)N)c1. The van der Waals surface area contributed by atoms with Crippen LogP contribution in [-0.4, -0.2) is 46.6 Å². The first-order chi connectivity index (χ1) is 27.0. The van der Waals surface area contributed by atoms with Gasteiger partial charge in [0.05, 0.1) is 33.7 Å². The minimum Gasteiger partial charge on any atom is -0.384 e. The maximum absolute atomic E-state index is 14.1. The van der Waals surface area contributed by atoms with Crippen LogP contribution < -0.4 is 55.9 Å². The number of hydrazone groups is 2. The number of carbonyl (C=O) groups is 2. The number of nitrogens with two attached hydrogens (primary N) is 6. The predicted octanol–water partition coefficient (Wildman–Crippen LogP) is 3.26. The highest BCUT2D eigenvalue weighted by Crippen LogP contribution is 2.64. The van der Waals surface area contributed by atoms with E-state index in [1.165, 1.54) is 0 Å². The molecule has 18 nitrogen and oxygen atoms in total. The maximum Gasteiger partial charge on any atom is 0.230 e. The smallest absolute Gasteiger partial charge is 0.230 e. The Bertz CT molecular complexity index is 1950. The van der Waals surface area contributed by atoms with E-state index >= 15 is 0 Å². The molecule has 3 aliphatic rings. The summed E-state index contributed by atoms with van der Waals surface area (Å²) in [7, 11) is 0. The molecule has 2 bridgehead atoms. The second kappa shape index (κ2) is 18.7. The van der Waals surface area contributed by atoms with Crippen molar-refractivity contribution in [3.05, 3.63) is 82.4 Å². The van der Waals surface area contributed by atoms with Gasteiger partial charge in [0.15, 0.2) is 0 Å². The minimum atomic E-state index is -0.728. The first-order valence-electron chi connectivity index (χ1n) is 18.7. The lowest BCUT2D eigenvalue weighted by molar-refractivity contribution is -0.161. The number of nitrogens with one attached hydrogen (secondary N) is 4. The van der Waals surface area contributed by atoms with Crippen LogP contribution >= 0.6 is 0 Å². The van der Waals surface area contributed by atoms with Gasteiger partial charge in [-0.1, -0.05) is 20.3 Å². The second-order valence-corrected chi connectivity index (χ2v) is 14.4. The van der Waals surface area contributed by atoms with Crippen molar-refractivity contribution in [2.75, 3.05) is 10.6 Å². The van der Waals surface area contributed by atoms with Gasteiger partial charge < -0.3 is 45.0 Å². The fourth-order valence-corrected chi connectivity index (χ4v) is 7.01. The molecular weight excluding hydrogens is 725 g/mol. The first-order valence-corrected chi connectivity index (χ1v) is 18.7. The summed E-state index contributed by atoms with van der Waals surface area (Å²) in [6.45, 7) is 11.1. The summed E-state index contributed by atoms with van der Waals surface area (Å²) in [5.74, 6) is 0.140. The van der Waals surface area contributed by atoms with Gasteiger partial charge >= 0.3 is 0 Å². The number of rotatable bonds is 16. The molecule has 0 spiro atoms. The van der Waals surface area contributed by atoms with E-state index in [4.69, 9.17) is 34.4 Å². The molecule has 57 heavy (non-hydrogen) atoms. The summed E-state index contributed by atoms with van der Waals surface area (Å²) in [6.07, 6.45) is 7.92. The highest BCUT2D eigenvalue weighted by atomic mass is 16.2. The molecule has 2 amide bonds. The Kier molecular flexibility index (Phi) is 14.1. The highest BCUT2D eigenvalue weighted by molar-refractivity contribution is 6.09. The van der Waals surface area contributed by atoms with Crippen molar-refractivity contribution in [2.45, 2.75) is 86.5 Å². The standard InChI is InChI=1S/C39H56N16O2/c1-7-10-32(40)52-48-22(3)26-14-28(24(5)50-54-36(42)43)18-30(16-26)46-34(56)38-12-9-13-39(20-38,21-38)35(57)47-31-17-27(23(4)49-53-33(41)11-8-2)15-29(19-31)25(6)51-55-37(44)45/h10-11,14-19,52-53H,7-9,12-13,20-21,40-41H2,1-6H3,(H,46,56)(H,47,57)(H4,42,43,54)(H4,44,45,55)/b32-10-,33-11+,48-22-,49-23+,50-24-,51-25-. The summed E-state index contributed by atoms with van der Waals surface area (Å²) >= 11 is 0. The number of nitrogens with zero attached hydrogens (tertiary/aromatic N) is 6. The molecule has 5 rings (SSSR count). The van der Waals surface area contributed by atoms with Crippen LogP contribution in [0.15, 0.2) is 90.8 Å². The summed E-state index contributed by atoms with van der Waals surface area (Å²) in [5, 5.41) is 30.9. The molecule has 2 aromatic carbocycles. The third-order valence-electron chi connectivity index (χ3n) is 9.86. The first kappa shape index (κ1) is 43.0. The van der Waals surface area contributed by atoms with Gasteiger partial charge in [-0.05, 0) is 115 Å². The van der Waals surface area contributed by atoms with E-state index in [-0.39, 0.29) is 23.7 Å². The van der Waals surface area contributed by atoms with Gasteiger partial charge in [-0.3, -0.25) is 20.4 Å². The van der Waals surface area contributed by atoms with Crippen molar-refractivity contribution >= 4 is 58.0 Å². The van der Waals surface area contributed by atoms with Gasteiger partial charge in [0.25, 0.3) is 0 Å². The summed E-state index contributed by atoms with van der Waals surface area (Å²) in [6, 6.07) is 11.0. The van der Waals surface area contributed by atoms with E-state index in [9.17, 15) is 9.59 Å². The third-order valence-corrected chi connectivity index (χ3v) is 9.86. The van der Waals surface area contributed by atoms with Crippen molar-refractivity contribution in [3.8, 4) is 0 Å². The molecule has 304 valence electrons. The average Bonchev–Trinajstić information content (AvgIpc) is 3.16. The van der Waals surface area contributed by atoms with Gasteiger partial charge in [0.2, 0.25) is 23.7 Å². The van der Waals surface area contributed by atoms with Gasteiger partial charge in [0.1, 0.15) is 11.6 Å². The van der Waals surface area contributed by atoms with Gasteiger partial charge in [-0.15, -0.1) is 10.2 Å². The van der Waals surface area contributed by atoms with Gasteiger partial charge in [-0.2, -0.15) is 20.4 Å². The van der Waals surface area contributed by atoms with Gasteiger partial charge in [-0.25, -0.2) is 0 Å². The molecule has 3 fully saturated rings. The molecule has 0 aromatic heterocycles. The summed E-state index contributed by atoms with van der Waals surface area (Å²) in [4.78, 5) is 28.3. The van der Waals surface area contributed by atoms with Crippen LogP contribution in [0.4, 0.5) is 11.4 Å². The fraction of sp³-hybridized carbons (Fsp3) is 0.385. The predicted molar refractivity (Wildman–Crippen MR) is 230 cm³/mol. The number of allylic oxidation sites excluding steroid dienone is 2. The number of fused-ring (bicyclic) bond motifs is 2. The quantitative estimate of drug-likeness (QED) is 0.0673. The number of hydrogen-bond acceptors (Lipinski definition) is 12. The van der Waals surface area contributed by atoms with Crippen LogP contribution in [0.5, 0.6) is 0 Å². The topological polar surface area (TPSA) is 313 Å². The van der Waals surface area contributed by atoms with Crippen molar-refractivity contribution in [3.63, 3.8) is 0 Å². The van der Waals surface area contributed by atoms with Crippen LogP contribution in [0, 0.1) is 10.8 Å². The molecule has 2 aromatic rings. The van der Waals surface area contributed by atoms with Crippen molar-refractivity contribution in [2.24, 2.45) is 75.8 Å². The zero-order valence-electron chi connectivity index (χ0n) is 33.5. The Morgan fingerprint density at radius 1 is 0.579 bits per heavy atom. The Morgan fingerprint density at radius 2 is 0.930 bits per heavy atom. The van der Waals surface area contributed by atoms with E-state index in [1.54, 1.807) is 26.0 Å².